The zero-order chi connectivity index (χ0) is 20.9. The summed E-state index contributed by atoms with van der Waals surface area (Å²) in [4.78, 5) is 13.4. The molecular formula is C20H21N3O4S2. The second kappa shape index (κ2) is 9.23. The fraction of sp³-hybridized carbons (Fsp3) is 0.250. The van der Waals surface area contributed by atoms with Crippen molar-refractivity contribution < 1.29 is 17.6 Å². The minimum absolute atomic E-state index is 0.0669. The van der Waals surface area contributed by atoms with Crippen molar-refractivity contribution in [2.24, 2.45) is 0 Å². The molecule has 9 heteroatoms. The SMILES string of the molecule is CC(C)Sc1ccc(-c2nnc(NC(=O)CCS(=O)(=O)c3ccccc3)o2)cc1. The van der Waals surface area contributed by atoms with Crippen molar-refractivity contribution in [3.05, 3.63) is 54.6 Å². The summed E-state index contributed by atoms with van der Waals surface area (Å²) in [6.45, 7) is 4.24. The molecule has 0 bridgehead atoms. The Morgan fingerprint density at radius 1 is 1.07 bits per heavy atom. The van der Waals surface area contributed by atoms with E-state index >= 15 is 0 Å². The number of anilines is 1. The van der Waals surface area contributed by atoms with Gasteiger partial charge in [0.2, 0.25) is 11.8 Å². The van der Waals surface area contributed by atoms with Gasteiger partial charge in [0.1, 0.15) is 0 Å². The Kier molecular flexibility index (Phi) is 6.71. The predicted octanol–water partition coefficient (Wildman–Crippen LogP) is 4.04. The van der Waals surface area contributed by atoms with Gasteiger partial charge in [-0.2, -0.15) is 0 Å². The van der Waals surface area contributed by atoms with Gasteiger partial charge in [-0.25, -0.2) is 8.42 Å². The van der Waals surface area contributed by atoms with Crippen LogP contribution in [-0.2, 0) is 14.6 Å². The van der Waals surface area contributed by atoms with E-state index in [1.54, 1.807) is 30.0 Å². The summed E-state index contributed by atoms with van der Waals surface area (Å²) in [5.41, 5.74) is 0.734. The second-order valence-corrected chi connectivity index (χ2v) is 10.3. The molecule has 1 aromatic heterocycles. The van der Waals surface area contributed by atoms with Gasteiger partial charge in [0, 0.05) is 22.1 Å². The zero-order valence-corrected chi connectivity index (χ0v) is 17.7. The average molecular weight is 432 g/mol. The fourth-order valence-electron chi connectivity index (χ4n) is 2.49. The molecule has 0 fully saturated rings. The lowest BCUT2D eigenvalue weighted by Gasteiger charge is -2.04. The van der Waals surface area contributed by atoms with E-state index in [4.69, 9.17) is 4.42 Å². The van der Waals surface area contributed by atoms with Crippen molar-refractivity contribution >= 4 is 33.5 Å². The monoisotopic (exact) mass is 431 g/mol. The Bertz CT molecular complexity index is 1060. The van der Waals surface area contributed by atoms with E-state index in [2.05, 4.69) is 29.4 Å². The second-order valence-electron chi connectivity index (χ2n) is 6.53. The van der Waals surface area contributed by atoms with Crippen molar-refractivity contribution in [1.82, 2.24) is 10.2 Å². The third-order valence-electron chi connectivity index (χ3n) is 3.84. The molecule has 152 valence electrons. The molecule has 0 aliphatic rings. The van der Waals surface area contributed by atoms with Crippen LogP contribution < -0.4 is 5.32 Å². The van der Waals surface area contributed by atoms with Gasteiger partial charge in [-0.1, -0.05) is 37.1 Å². The maximum Gasteiger partial charge on any atom is 0.322 e. The summed E-state index contributed by atoms with van der Waals surface area (Å²) in [5, 5.41) is 10.7. The van der Waals surface area contributed by atoms with Gasteiger partial charge in [0.15, 0.2) is 9.84 Å². The summed E-state index contributed by atoms with van der Waals surface area (Å²) < 4.78 is 29.9. The summed E-state index contributed by atoms with van der Waals surface area (Å²) in [6.07, 6.45) is -0.212. The van der Waals surface area contributed by atoms with E-state index in [-0.39, 0.29) is 29.0 Å². The first-order valence-corrected chi connectivity index (χ1v) is 11.5. The number of hydrogen-bond acceptors (Lipinski definition) is 7. The first-order valence-electron chi connectivity index (χ1n) is 9.02. The van der Waals surface area contributed by atoms with Gasteiger partial charge in [0.05, 0.1) is 10.6 Å². The number of benzene rings is 2. The average Bonchev–Trinajstić information content (AvgIpc) is 3.16. The first kappa shape index (κ1) is 21.1. The number of hydrogen-bond donors (Lipinski definition) is 1. The van der Waals surface area contributed by atoms with E-state index in [1.165, 1.54) is 12.1 Å². The molecule has 0 atom stereocenters. The minimum Gasteiger partial charge on any atom is -0.403 e. The minimum atomic E-state index is -3.53. The lowest BCUT2D eigenvalue weighted by atomic mass is 10.2. The summed E-state index contributed by atoms with van der Waals surface area (Å²) in [5.74, 6) is -0.541. The van der Waals surface area contributed by atoms with Gasteiger partial charge < -0.3 is 4.42 Å². The molecule has 0 aliphatic carbocycles. The maximum atomic E-state index is 12.2. The van der Waals surface area contributed by atoms with E-state index < -0.39 is 15.7 Å². The van der Waals surface area contributed by atoms with Crippen LogP contribution in [0.2, 0.25) is 0 Å². The molecule has 0 radical (unpaired) electrons. The number of thioether (sulfide) groups is 1. The molecule has 2 aromatic carbocycles. The van der Waals surface area contributed by atoms with E-state index in [0.717, 1.165) is 10.5 Å². The predicted molar refractivity (Wildman–Crippen MR) is 112 cm³/mol. The van der Waals surface area contributed by atoms with Crippen molar-refractivity contribution in [3.63, 3.8) is 0 Å². The van der Waals surface area contributed by atoms with Crippen LogP contribution in [0.3, 0.4) is 0 Å². The zero-order valence-electron chi connectivity index (χ0n) is 16.0. The van der Waals surface area contributed by atoms with E-state index in [1.807, 2.05) is 24.3 Å². The third kappa shape index (κ3) is 5.91. The summed E-state index contributed by atoms with van der Waals surface area (Å²) in [6, 6.07) is 15.6. The molecule has 1 heterocycles. The number of amides is 1. The van der Waals surface area contributed by atoms with Crippen LogP contribution >= 0.6 is 11.8 Å². The Balaban J connectivity index is 1.58. The number of aromatic nitrogens is 2. The smallest absolute Gasteiger partial charge is 0.322 e. The summed E-state index contributed by atoms with van der Waals surface area (Å²) >= 11 is 1.75. The molecule has 1 amide bonds. The van der Waals surface area contributed by atoms with Crippen LogP contribution in [0, 0.1) is 0 Å². The number of nitrogens with one attached hydrogen (secondary N) is 1. The lowest BCUT2D eigenvalue weighted by Crippen LogP contribution is -2.17. The molecule has 3 aromatic rings. The molecule has 29 heavy (non-hydrogen) atoms. The molecule has 0 saturated carbocycles. The molecule has 7 nitrogen and oxygen atoms in total. The van der Waals surface area contributed by atoms with Gasteiger partial charge in [-0.05, 0) is 36.4 Å². The Hall–Kier alpha value is -2.65. The molecular weight excluding hydrogens is 410 g/mol. The number of carbonyl (C=O) groups is 1. The highest BCUT2D eigenvalue weighted by atomic mass is 32.2. The molecule has 0 saturated heterocycles. The van der Waals surface area contributed by atoms with Crippen LogP contribution in [0.15, 0.2) is 68.8 Å². The maximum absolute atomic E-state index is 12.2. The molecule has 0 spiro atoms. The Morgan fingerprint density at radius 2 is 1.76 bits per heavy atom. The number of rotatable bonds is 8. The van der Waals surface area contributed by atoms with Crippen molar-refractivity contribution in [3.8, 4) is 11.5 Å². The highest BCUT2D eigenvalue weighted by molar-refractivity contribution is 7.99. The van der Waals surface area contributed by atoms with Gasteiger partial charge in [-0.3, -0.25) is 10.1 Å². The van der Waals surface area contributed by atoms with Gasteiger partial charge in [-0.15, -0.1) is 16.9 Å². The first-order chi connectivity index (χ1) is 13.8. The van der Waals surface area contributed by atoms with Crippen LogP contribution in [0.1, 0.15) is 20.3 Å². The molecule has 3 rings (SSSR count). The van der Waals surface area contributed by atoms with Crippen LogP contribution in [0.5, 0.6) is 0 Å². The van der Waals surface area contributed by atoms with Crippen molar-refractivity contribution in [2.45, 2.75) is 35.3 Å². The van der Waals surface area contributed by atoms with Crippen molar-refractivity contribution in [2.75, 3.05) is 11.1 Å². The number of carbonyl (C=O) groups excluding carboxylic acids is 1. The fourth-order valence-corrected chi connectivity index (χ4v) is 4.59. The molecule has 0 unspecified atom stereocenters. The van der Waals surface area contributed by atoms with E-state index in [0.29, 0.717) is 5.25 Å². The van der Waals surface area contributed by atoms with Gasteiger partial charge >= 0.3 is 6.01 Å². The van der Waals surface area contributed by atoms with E-state index in [9.17, 15) is 13.2 Å². The highest BCUT2D eigenvalue weighted by Gasteiger charge is 2.17. The third-order valence-corrected chi connectivity index (χ3v) is 6.59. The molecule has 1 N–H and O–H groups in total. The quantitative estimate of drug-likeness (QED) is 0.537. The summed E-state index contributed by atoms with van der Waals surface area (Å²) in [7, 11) is -3.53. The standard InChI is InChI=1S/C20H21N3O4S2/c1-14(2)28-16-10-8-15(9-11-16)19-22-23-20(27-19)21-18(24)12-13-29(25,26)17-6-4-3-5-7-17/h3-11,14H,12-13H2,1-2H3,(H,21,23,24). The van der Waals surface area contributed by atoms with Crippen LogP contribution in [0.4, 0.5) is 6.01 Å². The number of nitrogens with zero attached hydrogens (tertiary/aromatic N) is 2. The highest BCUT2D eigenvalue weighted by Crippen LogP contribution is 2.26. The van der Waals surface area contributed by atoms with Crippen LogP contribution in [-0.4, -0.2) is 35.5 Å². The lowest BCUT2D eigenvalue weighted by molar-refractivity contribution is -0.115. The van der Waals surface area contributed by atoms with Crippen molar-refractivity contribution in [1.29, 1.82) is 0 Å². The van der Waals surface area contributed by atoms with Gasteiger partial charge in [0.25, 0.3) is 0 Å². The molecule has 0 aliphatic heterocycles. The topological polar surface area (TPSA) is 102 Å². The normalized spacial score (nSPS) is 11.6. The van der Waals surface area contributed by atoms with Crippen LogP contribution in [0.25, 0.3) is 11.5 Å². The largest absolute Gasteiger partial charge is 0.403 e. The Labute approximate surface area is 173 Å². The number of sulfone groups is 1. The Morgan fingerprint density at radius 3 is 2.41 bits per heavy atom.